The van der Waals surface area contributed by atoms with Gasteiger partial charge in [0.1, 0.15) is 0 Å². The minimum absolute atomic E-state index is 0.0856. The maximum atomic E-state index is 5.58. The van der Waals surface area contributed by atoms with E-state index < -0.39 is 0 Å². The van der Waals surface area contributed by atoms with Crippen LogP contribution in [0.1, 0.15) is 22.3 Å². The zero-order valence-electron chi connectivity index (χ0n) is 9.05. The van der Waals surface area contributed by atoms with Gasteiger partial charge in [0, 0.05) is 23.2 Å². The predicted octanol–water partition coefficient (Wildman–Crippen LogP) is 1.59. The van der Waals surface area contributed by atoms with Gasteiger partial charge in [0.05, 0.1) is 17.2 Å². The quantitative estimate of drug-likeness (QED) is 0.623. The molecule has 0 aliphatic carbocycles. The van der Waals surface area contributed by atoms with Gasteiger partial charge in [-0.05, 0) is 19.1 Å². The van der Waals surface area contributed by atoms with Gasteiger partial charge in [0.15, 0.2) is 0 Å². The van der Waals surface area contributed by atoms with Crippen molar-refractivity contribution in [1.82, 2.24) is 15.4 Å². The van der Waals surface area contributed by atoms with Gasteiger partial charge in [0.2, 0.25) is 0 Å². The van der Waals surface area contributed by atoms with Crippen LogP contribution in [-0.4, -0.2) is 9.97 Å². The van der Waals surface area contributed by atoms with Gasteiger partial charge >= 0.3 is 0 Å². The fourth-order valence-electron chi connectivity index (χ4n) is 1.60. The van der Waals surface area contributed by atoms with Gasteiger partial charge in [-0.15, -0.1) is 11.3 Å². The van der Waals surface area contributed by atoms with Crippen molar-refractivity contribution in [3.8, 4) is 0 Å². The van der Waals surface area contributed by atoms with Crippen molar-refractivity contribution >= 4 is 11.3 Å². The fraction of sp³-hybridized carbons (Fsp3) is 0.273. The number of hydrogen-bond donors (Lipinski definition) is 2. The van der Waals surface area contributed by atoms with E-state index in [0.29, 0.717) is 0 Å². The monoisotopic (exact) mass is 234 g/mol. The Balaban J connectivity index is 2.16. The molecule has 2 aromatic heterocycles. The van der Waals surface area contributed by atoms with Crippen LogP contribution >= 0.6 is 11.3 Å². The van der Waals surface area contributed by atoms with Gasteiger partial charge in [-0.25, -0.2) is 4.98 Å². The zero-order valence-corrected chi connectivity index (χ0v) is 9.87. The molecule has 0 aliphatic rings. The van der Waals surface area contributed by atoms with Crippen molar-refractivity contribution in [3.05, 3.63) is 46.2 Å². The van der Waals surface area contributed by atoms with E-state index in [1.165, 1.54) is 4.88 Å². The molecule has 0 saturated carbocycles. The third-order valence-electron chi connectivity index (χ3n) is 2.44. The molecule has 0 saturated heterocycles. The largest absolute Gasteiger partial charge is 0.271 e. The number of pyridine rings is 1. The Morgan fingerprint density at radius 3 is 2.88 bits per heavy atom. The molecular formula is C11H14N4S. The zero-order chi connectivity index (χ0) is 11.4. The van der Waals surface area contributed by atoms with Gasteiger partial charge in [-0.3, -0.25) is 16.3 Å². The fourth-order valence-corrected chi connectivity index (χ4v) is 2.46. The van der Waals surface area contributed by atoms with Crippen molar-refractivity contribution in [1.29, 1.82) is 0 Å². The molecule has 4 nitrogen and oxygen atoms in total. The average molecular weight is 234 g/mol. The van der Waals surface area contributed by atoms with Crippen LogP contribution < -0.4 is 11.3 Å². The molecule has 5 heteroatoms. The summed E-state index contributed by atoms with van der Waals surface area (Å²) in [6.45, 7) is 1.99. The highest BCUT2D eigenvalue weighted by atomic mass is 32.1. The first-order chi connectivity index (χ1) is 7.81. The topological polar surface area (TPSA) is 63.8 Å². The van der Waals surface area contributed by atoms with Crippen LogP contribution in [0.25, 0.3) is 0 Å². The first-order valence-corrected chi connectivity index (χ1v) is 5.95. The van der Waals surface area contributed by atoms with Crippen LogP contribution in [0.2, 0.25) is 0 Å². The number of nitrogens with two attached hydrogens (primary N) is 1. The van der Waals surface area contributed by atoms with E-state index >= 15 is 0 Å². The number of rotatable bonds is 4. The van der Waals surface area contributed by atoms with Gasteiger partial charge in [-0.1, -0.05) is 6.07 Å². The van der Waals surface area contributed by atoms with E-state index in [4.69, 9.17) is 5.84 Å². The van der Waals surface area contributed by atoms with Crippen LogP contribution in [0.5, 0.6) is 0 Å². The summed E-state index contributed by atoms with van der Waals surface area (Å²) in [5, 5.41) is 0. The molecule has 0 bridgehead atoms. The van der Waals surface area contributed by atoms with Crippen LogP contribution in [0.3, 0.4) is 0 Å². The molecule has 2 aromatic rings. The maximum absolute atomic E-state index is 5.58. The standard InChI is InChI=1S/C11H14N4S/c1-8-11(16-7-14-8)10(15-12)6-9-4-2-3-5-13-9/h2-5,7,10,15H,6,12H2,1H3. The van der Waals surface area contributed by atoms with E-state index in [2.05, 4.69) is 15.4 Å². The highest BCUT2D eigenvalue weighted by Crippen LogP contribution is 2.23. The number of aromatic nitrogens is 2. The number of nitrogens with zero attached hydrogens (tertiary/aromatic N) is 2. The Bertz CT molecular complexity index is 440. The lowest BCUT2D eigenvalue weighted by atomic mass is 10.1. The Kier molecular flexibility index (Phi) is 3.61. The maximum Gasteiger partial charge on any atom is 0.0798 e. The Morgan fingerprint density at radius 2 is 2.31 bits per heavy atom. The van der Waals surface area contributed by atoms with Crippen molar-refractivity contribution < 1.29 is 0 Å². The summed E-state index contributed by atoms with van der Waals surface area (Å²) in [4.78, 5) is 9.70. The summed E-state index contributed by atoms with van der Waals surface area (Å²) >= 11 is 1.62. The summed E-state index contributed by atoms with van der Waals surface area (Å²) in [7, 11) is 0. The van der Waals surface area contributed by atoms with E-state index in [-0.39, 0.29) is 6.04 Å². The minimum atomic E-state index is 0.0856. The number of aryl methyl sites for hydroxylation is 1. The highest BCUT2D eigenvalue weighted by molar-refractivity contribution is 7.09. The number of thiazole rings is 1. The van der Waals surface area contributed by atoms with Crippen molar-refractivity contribution in [3.63, 3.8) is 0 Å². The molecule has 1 unspecified atom stereocenters. The molecule has 3 N–H and O–H groups in total. The molecule has 0 radical (unpaired) electrons. The molecule has 84 valence electrons. The average Bonchev–Trinajstić information content (AvgIpc) is 2.74. The van der Waals surface area contributed by atoms with E-state index in [1.807, 2.05) is 30.6 Å². The SMILES string of the molecule is Cc1ncsc1C(Cc1ccccn1)NN. The Hall–Kier alpha value is -1.30. The number of hydrogen-bond acceptors (Lipinski definition) is 5. The van der Waals surface area contributed by atoms with Gasteiger partial charge < -0.3 is 0 Å². The molecule has 0 aromatic carbocycles. The predicted molar refractivity (Wildman–Crippen MR) is 64.9 cm³/mol. The third kappa shape index (κ3) is 2.44. The summed E-state index contributed by atoms with van der Waals surface area (Å²) < 4.78 is 0. The molecule has 1 atom stereocenters. The smallest absolute Gasteiger partial charge is 0.0798 e. The Morgan fingerprint density at radius 1 is 1.44 bits per heavy atom. The second-order valence-corrected chi connectivity index (χ2v) is 4.43. The summed E-state index contributed by atoms with van der Waals surface area (Å²) in [6, 6.07) is 5.98. The normalized spacial score (nSPS) is 12.6. The van der Waals surface area contributed by atoms with Gasteiger partial charge in [-0.2, -0.15) is 0 Å². The summed E-state index contributed by atoms with van der Waals surface area (Å²) in [5.41, 5.74) is 6.72. The number of hydrazine groups is 1. The lowest BCUT2D eigenvalue weighted by Crippen LogP contribution is -2.29. The van der Waals surface area contributed by atoms with Gasteiger partial charge in [0.25, 0.3) is 0 Å². The lowest BCUT2D eigenvalue weighted by molar-refractivity contribution is 0.551. The van der Waals surface area contributed by atoms with Crippen molar-refractivity contribution in [2.45, 2.75) is 19.4 Å². The second-order valence-electron chi connectivity index (χ2n) is 3.55. The first kappa shape index (κ1) is 11.2. The van der Waals surface area contributed by atoms with Crippen molar-refractivity contribution in [2.24, 2.45) is 5.84 Å². The lowest BCUT2D eigenvalue weighted by Gasteiger charge is -2.14. The van der Waals surface area contributed by atoms with Crippen LogP contribution in [0.15, 0.2) is 29.9 Å². The molecule has 0 spiro atoms. The summed E-state index contributed by atoms with van der Waals surface area (Å²) in [6.07, 6.45) is 2.57. The van der Waals surface area contributed by atoms with E-state index in [1.54, 1.807) is 17.5 Å². The molecule has 2 rings (SSSR count). The molecular weight excluding hydrogens is 220 g/mol. The van der Waals surface area contributed by atoms with Crippen LogP contribution in [-0.2, 0) is 6.42 Å². The molecule has 0 fully saturated rings. The molecule has 0 aliphatic heterocycles. The van der Waals surface area contributed by atoms with E-state index in [0.717, 1.165) is 17.8 Å². The van der Waals surface area contributed by atoms with Crippen molar-refractivity contribution in [2.75, 3.05) is 0 Å². The second kappa shape index (κ2) is 5.16. The number of nitrogens with one attached hydrogen (secondary N) is 1. The molecule has 2 heterocycles. The van der Waals surface area contributed by atoms with E-state index in [9.17, 15) is 0 Å². The van der Waals surface area contributed by atoms with Crippen LogP contribution in [0, 0.1) is 6.92 Å². The highest BCUT2D eigenvalue weighted by Gasteiger charge is 2.15. The third-order valence-corrected chi connectivity index (χ3v) is 3.48. The first-order valence-electron chi connectivity index (χ1n) is 5.07. The molecule has 0 amide bonds. The minimum Gasteiger partial charge on any atom is -0.271 e. The Labute approximate surface area is 98.5 Å². The summed E-state index contributed by atoms with van der Waals surface area (Å²) in [5.74, 6) is 5.58. The van der Waals surface area contributed by atoms with Crippen LogP contribution in [0.4, 0.5) is 0 Å². The molecule has 16 heavy (non-hydrogen) atoms.